The Kier molecular flexibility index (Phi) is 6.42. The molecule has 5 nitrogen and oxygen atoms in total. The first kappa shape index (κ1) is 21.8. The smallest absolute Gasteiger partial charge is 0.238 e. The summed E-state index contributed by atoms with van der Waals surface area (Å²) < 4.78 is 25.3. The zero-order valence-electron chi connectivity index (χ0n) is 18.5. The molecule has 1 aliphatic heterocycles. The molecular formula is C26H27FN2O3. The van der Waals surface area contributed by atoms with Crippen LogP contribution in [-0.4, -0.2) is 38.1 Å². The minimum Gasteiger partial charge on any atom is -0.493 e. The maximum absolute atomic E-state index is 14.2. The SMILES string of the molecule is COc1cc2c(cc1OC)C(c1ccccc1)N(CC(=O)Nc1ccc(C)cc1F)CC2. The molecule has 0 aliphatic carbocycles. The summed E-state index contributed by atoms with van der Waals surface area (Å²) in [6.45, 7) is 2.64. The summed E-state index contributed by atoms with van der Waals surface area (Å²) in [5.74, 6) is 0.663. The third-order valence-corrected chi connectivity index (χ3v) is 5.83. The first-order chi connectivity index (χ1) is 15.5. The molecule has 0 saturated carbocycles. The van der Waals surface area contributed by atoms with Crippen molar-refractivity contribution >= 4 is 11.6 Å². The number of hydrogen-bond acceptors (Lipinski definition) is 4. The Bertz CT molecular complexity index is 1120. The molecule has 166 valence electrons. The van der Waals surface area contributed by atoms with Gasteiger partial charge in [-0.05, 0) is 59.9 Å². The number of hydrogen-bond donors (Lipinski definition) is 1. The van der Waals surface area contributed by atoms with Crippen LogP contribution < -0.4 is 14.8 Å². The van der Waals surface area contributed by atoms with Crippen LogP contribution in [0.4, 0.5) is 10.1 Å². The van der Waals surface area contributed by atoms with Crippen LogP contribution in [0.15, 0.2) is 60.7 Å². The molecule has 1 unspecified atom stereocenters. The van der Waals surface area contributed by atoms with Gasteiger partial charge in [-0.3, -0.25) is 9.69 Å². The second kappa shape index (κ2) is 9.40. The number of nitrogens with one attached hydrogen (secondary N) is 1. The molecule has 0 radical (unpaired) electrons. The van der Waals surface area contributed by atoms with E-state index in [4.69, 9.17) is 9.47 Å². The Balaban J connectivity index is 1.65. The molecule has 0 fully saturated rings. The number of halogens is 1. The second-order valence-electron chi connectivity index (χ2n) is 7.97. The Labute approximate surface area is 187 Å². The molecule has 1 atom stereocenters. The molecular weight excluding hydrogens is 407 g/mol. The molecule has 1 heterocycles. The third-order valence-electron chi connectivity index (χ3n) is 5.83. The van der Waals surface area contributed by atoms with E-state index in [-0.39, 0.29) is 24.2 Å². The van der Waals surface area contributed by atoms with Crippen molar-refractivity contribution in [3.63, 3.8) is 0 Å². The molecule has 1 N–H and O–H groups in total. The van der Waals surface area contributed by atoms with E-state index >= 15 is 0 Å². The highest BCUT2D eigenvalue weighted by atomic mass is 19.1. The van der Waals surface area contributed by atoms with Crippen LogP contribution in [0.3, 0.4) is 0 Å². The summed E-state index contributed by atoms with van der Waals surface area (Å²) in [7, 11) is 3.24. The summed E-state index contributed by atoms with van der Waals surface area (Å²) in [4.78, 5) is 15.0. The predicted octanol–water partition coefficient (Wildman–Crippen LogP) is 4.74. The fourth-order valence-electron chi connectivity index (χ4n) is 4.29. The molecule has 0 spiro atoms. The number of nitrogens with zero attached hydrogens (tertiary/aromatic N) is 1. The molecule has 6 heteroatoms. The number of carbonyl (C=O) groups is 1. The zero-order valence-corrected chi connectivity index (χ0v) is 18.5. The van der Waals surface area contributed by atoms with Gasteiger partial charge >= 0.3 is 0 Å². The highest BCUT2D eigenvalue weighted by Crippen LogP contribution is 2.40. The Hall–Kier alpha value is -3.38. The Morgan fingerprint density at radius 2 is 1.78 bits per heavy atom. The van der Waals surface area contributed by atoms with E-state index in [1.807, 2.05) is 37.3 Å². The number of fused-ring (bicyclic) bond motifs is 1. The van der Waals surface area contributed by atoms with Crippen LogP contribution in [0.5, 0.6) is 11.5 Å². The number of aryl methyl sites for hydroxylation is 1. The van der Waals surface area contributed by atoms with Crippen molar-refractivity contribution in [1.29, 1.82) is 0 Å². The summed E-state index contributed by atoms with van der Waals surface area (Å²) in [6, 6.07) is 18.7. The molecule has 0 bridgehead atoms. The van der Waals surface area contributed by atoms with Gasteiger partial charge in [0.1, 0.15) is 5.82 Å². The monoisotopic (exact) mass is 434 g/mol. The standard InChI is InChI=1S/C26H27FN2O3/c1-17-9-10-22(21(27)13-17)28-25(30)16-29-12-11-19-14-23(31-2)24(32-3)15-20(19)26(29)18-7-5-4-6-8-18/h4-10,13-15,26H,11-12,16H2,1-3H3,(H,28,30). The van der Waals surface area contributed by atoms with Gasteiger partial charge in [-0.2, -0.15) is 0 Å². The van der Waals surface area contributed by atoms with Gasteiger partial charge in [-0.25, -0.2) is 4.39 Å². The van der Waals surface area contributed by atoms with Crippen LogP contribution in [0, 0.1) is 12.7 Å². The van der Waals surface area contributed by atoms with E-state index < -0.39 is 5.82 Å². The van der Waals surface area contributed by atoms with E-state index in [0.717, 1.165) is 28.7 Å². The van der Waals surface area contributed by atoms with E-state index in [1.165, 1.54) is 6.07 Å². The van der Waals surface area contributed by atoms with Crippen LogP contribution >= 0.6 is 0 Å². The topological polar surface area (TPSA) is 50.8 Å². The van der Waals surface area contributed by atoms with E-state index in [9.17, 15) is 9.18 Å². The van der Waals surface area contributed by atoms with Gasteiger partial charge in [0.05, 0.1) is 32.5 Å². The molecule has 0 aromatic heterocycles. The van der Waals surface area contributed by atoms with Crippen LogP contribution in [0.2, 0.25) is 0 Å². The summed E-state index contributed by atoms with van der Waals surface area (Å²) in [6.07, 6.45) is 0.769. The van der Waals surface area contributed by atoms with Crippen molar-refractivity contribution in [2.75, 3.05) is 32.6 Å². The normalized spacial score (nSPS) is 15.7. The lowest BCUT2D eigenvalue weighted by Gasteiger charge is -2.37. The van der Waals surface area contributed by atoms with Crippen molar-refractivity contribution in [2.24, 2.45) is 0 Å². The molecule has 3 aromatic rings. The van der Waals surface area contributed by atoms with Gasteiger partial charge in [-0.1, -0.05) is 36.4 Å². The molecule has 32 heavy (non-hydrogen) atoms. The van der Waals surface area contributed by atoms with Crippen LogP contribution in [0.25, 0.3) is 0 Å². The molecule has 1 amide bonds. The molecule has 0 saturated heterocycles. The fraction of sp³-hybridized carbons (Fsp3) is 0.269. The average molecular weight is 435 g/mol. The largest absolute Gasteiger partial charge is 0.493 e. The summed E-state index contributed by atoms with van der Waals surface area (Å²) in [5.41, 5.74) is 4.32. The minimum absolute atomic E-state index is 0.131. The van der Waals surface area contributed by atoms with E-state index in [1.54, 1.807) is 26.4 Å². The average Bonchev–Trinajstić information content (AvgIpc) is 2.80. The zero-order chi connectivity index (χ0) is 22.7. The van der Waals surface area contributed by atoms with Crippen LogP contribution in [-0.2, 0) is 11.2 Å². The molecule has 3 aromatic carbocycles. The third kappa shape index (κ3) is 4.46. The van der Waals surface area contributed by atoms with Crippen LogP contribution in [0.1, 0.15) is 28.3 Å². The number of benzene rings is 3. The number of amides is 1. The van der Waals surface area contributed by atoms with Crippen molar-refractivity contribution in [3.05, 3.63) is 88.7 Å². The Morgan fingerprint density at radius 3 is 2.47 bits per heavy atom. The van der Waals surface area contributed by atoms with Gasteiger partial charge in [-0.15, -0.1) is 0 Å². The first-order valence-electron chi connectivity index (χ1n) is 10.6. The minimum atomic E-state index is -0.432. The fourth-order valence-corrected chi connectivity index (χ4v) is 4.29. The number of carbonyl (C=O) groups excluding carboxylic acids is 1. The van der Waals surface area contributed by atoms with Gasteiger partial charge in [0.15, 0.2) is 11.5 Å². The Morgan fingerprint density at radius 1 is 1.06 bits per heavy atom. The lowest BCUT2D eigenvalue weighted by Crippen LogP contribution is -2.41. The maximum Gasteiger partial charge on any atom is 0.238 e. The lowest BCUT2D eigenvalue weighted by molar-refractivity contribution is -0.117. The molecule has 1 aliphatic rings. The van der Waals surface area contributed by atoms with Gasteiger partial charge in [0, 0.05) is 6.54 Å². The van der Waals surface area contributed by atoms with Crippen molar-refractivity contribution in [3.8, 4) is 11.5 Å². The van der Waals surface area contributed by atoms with Crippen molar-refractivity contribution < 1.29 is 18.7 Å². The van der Waals surface area contributed by atoms with E-state index in [0.29, 0.717) is 18.0 Å². The number of methoxy groups -OCH3 is 2. The van der Waals surface area contributed by atoms with E-state index in [2.05, 4.69) is 22.3 Å². The lowest BCUT2D eigenvalue weighted by atomic mass is 9.87. The number of rotatable bonds is 6. The number of anilines is 1. The van der Waals surface area contributed by atoms with Gasteiger partial charge in [0.2, 0.25) is 5.91 Å². The van der Waals surface area contributed by atoms with Gasteiger partial charge < -0.3 is 14.8 Å². The quantitative estimate of drug-likeness (QED) is 0.609. The highest BCUT2D eigenvalue weighted by Gasteiger charge is 2.31. The second-order valence-corrected chi connectivity index (χ2v) is 7.97. The first-order valence-corrected chi connectivity index (χ1v) is 10.6. The predicted molar refractivity (Wildman–Crippen MR) is 123 cm³/mol. The summed E-state index contributed by atoms with van der Waals surface area (Å²) in [5, 5.41) is 2.72. The summed E-state index contributed by atoms with van der Waals surface area (Å²) >= 11 is 0. The van der Waals surface area contributed by atoms with Gasteiger partial charge in [0.25, 0.3) is 0 Å². The van der Waals surface area contributed by atoms with Crippen molar-refractivity contribution in [1.82, 2.24) is 4.90 Å². The van der Waals surface area contributed by atoms with Crippen molar-refractivity contribution in [2.45, 2.75) is 19.4 Å². The number of ether oxygens (including phenoxy) is 2. The molecule has 4 rings (SSSR count). The highest BCUT2D eigenvalue weighted by molar-refractivity contribution is 5.92. The maximum atomic E-state index is 14.2.